The summed E-state index contributed by atoms with van der Waals surface area (Å²) in [5.41, 5.74) is -0.379. The summed E-state index contributed by atoms with van der Waals surface area (Å²) in [6, 6.07) is 0. The molecule has 0 spiro atoms. The van der Waals surface area contributed by atoms with Crippen molar-refractivity contribution in [1.82, 2.24) is 0 Å². The summed E-state index contributed by atoms with van der Waals surface area (Å²) in [4.78, 5) is 10.9. The molecular formula is C7H15NO2S. The molecule has 0 aromatic heterocycles. The molecule has 0 unspecified atom stereocenters. The van der Waals surface area contributed by atoms with Crippen molar-refractivity contribution >= 4 is 17.9 Å². The van der Waals surface area contributed by atoms with Crippen LogP contribution in [-0.4, -0.2) is 17.3 Å². The zero-order valence-corrected chi connectivity index (χ0v) is 8.03. The minimum absolute atomic E-state index is 0.185. The molecule has 0 aromatic rings. The molecule has 66 valence electrons. The van der Waals surface area contributed by atoms with Gasteiger partial charge in [-0.3, -0.25) is 9.93 Å². The van der Waals surface area contributed by atoms with Gasteiger partial charge in [-0.25, -0.2) is 0 Å². The molecule has 0 fully saturated rings. The van der Waals surface area contributed by atoms with Crippen molar-refractivity contribution in [1.29, 1.82) is 0 Å². The van der Waals surface area contributed by atoms with Gasteiger partial charge in [0.15, 0.2) is 0 Å². The van der Waals surface area contributed by atoms with Gasteiger partial charge in [0.05, 0.1) is 6.42 Å². The fourth-order valence-corrected chi connectivity index (χ4v) is 0.819. The van der Waals surface area contributed by atoms with E-state index >= 15 is 0 Å². The van der Waals surface area contributed by atoms with Crippen LogP contribution in [0.25, 0.3) is 0 Å². The van der Waals surface area contributed by atoms with Crippen LogP contribution in [-0.2, 0) is 9.53 Å². The van der Waals surface area contributed by atoms with E-state index in [1.807, 2.05) is 20.8 Å². The fourth-order valence-electron chi connectivity index (χ4n) is 0.535. The van der Waals surface area contributed by atoms with Gasteiger partial charge in [0.25, 0.3) is 0 Å². The Morgan fingerprint density at radius 3 is 2.45 bits per heavy atom. The average Bonchev–Trinajstić information content (AvgIpc) is 1.79. The third-order valence-corrected chi connectivity index (χ3v) is 1.28. The topological polar surface area (TPSA) is 52.3 Å². The molecule has 11 heavy (non-hydrogen) atoms. The SMILES string of the molecule is CC(C)(C)OC(=O)CCSN. The van der Waals surface area contributed by atoms with Crippen LogP contribution in [0.5, 0.6) is 0 Å². The molecule has 2 N–H and O–H groups in total. The zero-order chi connectivity index (χ0) is 8.91. The normalized spacial score (nSPS) is 11.3. The summed E-state index contributed by atoms with van der Waals surface area (Å²) >= 11 is 1.16. The molecule has 0 saturated carbocycles. The van der Waals surface area contributed by atoms with Crippen molar-refractivity contribution in [2.75, 3.05) is 5.75 Å². The van der Waals surface area contributed by atoms with Crippen molar-refractivity contribution in [3.63, 3.8) is 0 Å². The highest BCUT2D eigenvalue weighted by Gasteiger charge is 2.15. The van der Waals surface area contributed by atoms with E-state index in [9.17, 15) is 4.79 Å². The van der Waals surface area contributed by atoms with Crippen LogP contribution in [0.15, 0.2) is 0 Å². The van der Waals surface area contributed by atoms with Gasteiger partial charge in [0.1, 0.15) is 5.60 Å². The van der Waals surface area contributed by atoms with Gasteiger partial charge >= 0.3 is 5.97 Å². The Hall–Kier alpha value is -0.220. The molecule has 0 aromatic carbocycles. The number of nitrogens with two attached hydrogens (primary N) is 1. The van der Waals surface area contributed by atoms with E-state index in [2.05, 4.69) is 0 Å². The first-order valence-corrected chi connectivity index (χ1v) is 4.54. The predicted molar refractivity (Wildman–Crippen MR) is 47.1 cm³/mol. The van der Waals surface area contributed by atoms with E-state index in [1.54, 1.807) is 0 Å². The van der Waals surface area contributed by atoms with Crippen LogP contribution in [0, 0.1) is 0 Å². The maximum absolute atomic E-state index is 10.9. The highest BCUT2D eigenvalue weighted by atomic mass is 32.2. The van der Waals surface area contributed by atoms with E-state index in [0.717, 1.165) is 11.9 Å². The molecule has 4 heteroatoms. The van der Waals surface area contributed by atoms with Crippen molar-refractivity contribution in [2.45, 2.75) is 32.8 Å². The van der Waals surface area contributed by atoms with E-state index in [0.29, 0.717) is 12.2 Å². The number of carbonyl (C=O) groups excluding carboxylic acids is 1. The number of rotatable bonds is 3. The molecule has 0 saturated heterocycles. The third kappa shape index (κ3) is 7.68. The molecule has 0 amide bonds. The van der Waals surface area contributed by atoms with Crippen LogP contribution < -0.4 is 5.14 Å². The molecule has 0 rings (SSSR count). The van der Waals surface area contributed by atoms with Gasteiger partial charge in [0, 0.05) is 5.75 Å². The zero-order valence-electron chi connectivity index (χ0n) is 7.22. The molecule has 0 heterocycles. The van der Waals surface area contributed by atoms with Crippen LogP contribution in [0.2, 0.25) is 0 Å². The second kappa shape index (κ2) is 4.62. The highest BCUT2D eigenvalue weighted by molar-refractivity contribution is 7.97. The Bertz CT molecular complexity index is 131. The Morgan fingerprint density at radius 1 is 1.55 bits per heavy atom. The first kappa shape index (κ1) is 10.8. The quantitative estimate of drug-likeness (QED) is 0.522. The summed E-state index contributed by atoms with van der Waals surface area (Å²) < 4.78 is 5.03. The lowest BCUT2D eigenvalue weighted by atomic mass is 10.2. The first-order valence-electron chi connectivity index (χ1n) is 3.49. The lowest BCUT2D eigenvalue weighted by Crippen LogP contribution is -2.24. The standard InChI is InChI=1S/C7H15NO2S/c1-7(2,3)10-6(9)4-5-11-8/h4-5,8H2,1-3H3. The second-order valence-corrected chi connectivity index (χ2v) is 3.95. The van der Waals surface area contributed by atoms with Gasteiger partial charge in [-0.15, -0.1) is 0 Å². The fraction of sp³-hybridized carbons (Fsp3) is 0.857. The molecule has 0 aliphatic rings. The summed E-state index contributed by atoms with van der Waals surface area (Å²) in [6.07, 6.45) is 0.387. The van der Waals surface area contributed by atoms with Crippen molar-refractivity contribution in [3.05, 3.63) is 0 Å². The van der Waals surface area contributed by atoms with Crippen LogP contribution in [0.4, 0.5) is 0 Å². The van der Waals surface area contributed by atoms with Gasteiger partial charge < -0.3 is 4.74 Å². The van der Waals surface area contributed by atoms with E-state index in [-0.39, 0.29) is 11.6 Å². The number of ether oxygens (including phenoxy) is 1. The largest absolute Gasteiger partial charge is 0.460 e. The summed E-state index contributed by atoms with van der Waals surface area (Å²) in [5, 5.41) is 5.15. The maximum atomic E-state index is 10.9. The lowest BCUT2D eigenvalue weighted by molar-refractivity contribution is -0.154. The van der Waals surface area contributed by atoms with Crippen LogP contribution in [0.3, 0.4) is 0 Å². The maximum Gasteiger partial charge on any atom is 0.307 e. The summed E-state index contributed by atoms with van der Waals surface area (Å²) in [5.74, 6) is 0.435. The minimum atomic E-state index is -0.379. The number of esters is 1. The van der Waals surface area contributed by atoms with Gasteiger partial charge in [0.2, 0.25) is 0 Å². The highest BCUT2D eigenvalue weighted by Crippen LogP contribution is 2.08. The van der Waals surface area contributed by atoms with Crippen LogP contribution >= 0.6 is 11.9 Å². The van der Waals surface area contributed by atoms with E-state index < -0.39 is 0 Å². The Kier molecular flexibility index (Phi) is 4.52. The van der Waals surface area contributed by atoms with Gasteiger partial charge in [-0.1, -0.05) is 11.9 Å². The predicted octanol–water partition coefficient (Wildman–Crippen LogP) is 1.33. The molecule has 0 aliphatic carbocycles. The average molecular weight is 177 g/mol. The molecular weight excluding hydrogens is 162 g/mol. The number of hydrogen-bond acceptors (Lipinski definition) is 4. The van der Waals surface area contributed by atoms with Crippen molar-refractivity contribution in [2.24, 2.45) is 5.14 Å². The van der Waals surface area contributed by atoms with E-state index in [1.165, 1.54) is 0 Å². The number of carbonyl (C=O) groups is 1. The Labute approximate surface area is 71.8 Å². The van der Waals surface area contributed by atoms with Crippen molar-refractivity contribution in [3.8, 4) is 0 Å². The second-order valence-electron chi connectivity index (χ2n) is 3.21. The third-order valence-electron chi connectivity index (χ3n) is 0.844. The molecule has 0 aliphatic heterocycles. The molecule has 3 nitrogen and oxygen atoms in total. The summed E-state index contributed by atoms with van der Waals surface area (Å²) in [7, 11) is 0. The molecule has 0 bridgehead atoms. The van der Waals surface area contributed by atoms with Crippen molar-refractivity contribution < 1.29 is 9.53 Å². The Morgan fingerprint density at radius 2 is 2.09 bits per heavy atom. The lowest BCUT2D eigenvalue weighted by Gasteiger charge is -2.19. The molecule has 0 radical (unpaired) electrons. The monoisotopic (exact) mass is 177 g/mol. The first-order chi connectivity index (χ1) is 4.95. The van der Waals surface area contributed by atoms with Crippen LogP contribution in [0.1, 0.15) is 27.2 Å². The Balaban J connectivity index is 3.53. The minimum Gasteiger partial charge on any atom is -0.460 e. The smallest absolute Gasteiger partial charge is 0.307 e. The van der Waals surface area contributed by atoms with E-state index in [4.69, 9.17) is 9.88 Å². The van der Waals surface area contributed by atoms with Gasteiger partial charge in [-0.2, -0.15) is 0 Å². The number of hydrogen-bond donors (Lipinski definition) is 1. The van der Waals surface area contributed by atoms with Gasteiger partial charge in [-0.05, 0) is 20.8 Å². The molecule has 0 atom stereocenters. The summed E-state index contributed by atoms with van der Waals surface area (Å²) in [6.45, 7) is 5.54.